The Kier molecular flexibility index (Phi) is 3.87. The van der Waals surface area contributed by atoms with Crippen LogP contribution in [0.3, 0.4) is 0 Å². The second-order valence-corrected chi connectivity index (χ2v) is 3.48. The third-order valence-electron chi connectivity index (χ3n) is 2.62. The van der Waals surface area contributed by atoms with E-state index in [0.29, 0.717) is 12.3 Å². The molecule has 0 aromatic heterocycles. The van der Waals surface area contributed by atoms with Crippen LogP contribution in [0.25, 0.3) is 0 Å². The molecule has 0 aliphatic heterocycles. The van der Waals surface area contributed by atoms with Crippen molar-refractivity contribution in [3.05, 3.63) is 0 Å². The predicted molar refractivity (Wildman–Crippen MR) is 44.3 cm³/mol. The summed E-state index contributed by atoms with van der Waals surface area (Å²) in [5.74, 6) is 0.468. The average Bonchev–Trinajstić information content (AvgIpc) is 2.07. The Balaban J connectivity index is 2.21. The molecule has 0 amide bonds. The standard InChI is InChI=1S/C9H18O2/c10-7-6-9(11)8-4-2-1-3-5-8/h8-11H,1-7H2. The summed E-state index contributed by atoms with van der Waals surface area (Å²) in [6, 6.07) is 0. The van der Waals surface area contributed by atoms with Gasteiger partial charge in [0.2, 0.25) is 0 Å². The molecule has 1 fully saturated rings. The fraction of sp³-hybridized carbons (Fsp3) is 1.00. The predicted octanol–water partition coefficient (Wildman–Crippen LogP) is 1.31. The number of aliphatic hydroxyl groups is 2. The van der Waals surface area contributed by atoms with Gasteiger partial charge in [-0.15, -0.1) is 0 Å². The summed E-state index contributed by atoms with van der Waals surface area (Å²) >= 11 is 0. The second kappa shape index (κ2) is 4.73. The third-order valence-corrected chi connectivity index (χ3v) is 2.62. The van der Waals surface area contributed by atoms with Crippen LogP contribution in [0, 0.1) is 5.92 Å². The quantitative estimate of drug-likeness (QED) is 0.650. The van der Waals surface area contributed by atoms with Gasteiger partial charge in [-0.25, -0.2) is 0 Å². The van der Waals surface area contributed by atoms with Gasteiger partial charge >= 0.3 is 0 Å². The van der Waals surface area contributed by atoms with Crippen molar-refractivity contribution in [2.24, 2.45) is 5.92 Å². The van der Waals surface area contributed by atoms with Crippen LogP contribution in [-0.4, -0.2) is 22.9 Å². The van der Waals surface area contributed by atoms with Gasteiger partial charge in [-0.2, -0.15) is 0 Å². The van der Waals surface area contributed by atoms with Crippen LogP contribution in [0.1, 0.15) is 38.5 Å². The molecule has 11 heavy (non-hydrogen) atoms. The first-order valence-electron chi connectivity index (χ1n) is 4.63. The van der Waals surface area contributed by atoms with Gasteiger partial charge in [-0.3, -0.25) is 0 Å². The summed E-state index contributed by atoms with van der Waals surface area (Å²) in [7, 11) is 0. The highest BCUT2D eigenvalue weighted by atomic mass is 16.3. The minimum absolute atomic E-state index is 0.123. The van der Waals surface area contributed by atoms with Gasteiger partial charge in [0.15, 0.2) is 0 Å². The summed E-state index contributed by atoms with van der Waals surface area (Å²) in [6.07, 6.45) is 6.45. The van der Waals surface area contributed by atoms with E-state index in [2.05, 4.69) is 0 Å². The molecule has 2 heteroatoms. The molecule has 1 aliphatic rings. The molecule has 0 aromatic rings. The SMILES string of the molecule is OCCC(O)C1CCCCC1. The van der Waals surface area contributed by atoms with Crippen molar-refractivity contribution in [1.29, 1.82) is 0 Å². The Morgan fingerprint density at radius 1 is 1.18 bits per heavy atom. The number of hydrogen-bond donors (Lipinski definition) is 2. The van der Waals surface area contributed by atoms with Crippen LogP contribution in [0.15, 0.2) is 0 Å². The summed E-state index contributed by atoms with van der Waals surface area (Å²) in [5.41, 5.74) is 0. The molecule has 1 unspecified atom stereocenters. The van der Waals surface area contributed by atoms with Crippen molar-refractivity contribution in [3.63, 3.8) is 0 Å². The lowest BCUT2D eigenvalue weighted by atomic mass is 9.84. The zero-order chi connectivity index (χ0) is 8.10. The molecule has 2 N–H and O–H groups in total. The normalized spacial score (nSPS) is 23.5. The highest BCUT2D eigenvalue weighted by Crippen LogP contribution is 2.27. The molecule has 2 nitrogen and oxygen atoms in total. The summed E-state index contributed by atoms with van der Waals surface area (Å²) in [5, 5.41) is 18.1. The first-order chi connectivity index (χ1) is 5.34. The maximum atomic E-state index is 9.51. The molecule has 0 saturated heterocycles. The molecule has 1 atom stereocenters. The van der Waals surface area contributed by atoms with Crippen LogP contribution in [0.4, 0.5) is 0 Å². The summed E-state index contributed by atoms with van der Waals surface area (Å²) < 4.78 is 0. The fourth-order valence-electron chi connectivity index (χ4n) is 1.89. The number of hydrogen-bond acceptors (Lipinski definition) is 2. The highest BCUT2D eigenvalue weighted by Gasteiger charge is 2.20. The molecule has 1 saturated carbocycles. The van der Waals surface area contributed by atoms with E-state index in [4.69, 9.17) is 5.11 Å². The average molecular weight is 158 g/mol. The molecule has 0 aromatic carbocycles. The largest absolute Gasteiger partial charge is 0.396 e. The van der Waals surface area contributed by atoms with E-state index in [9.17, 15) is 5.11 Å². The Morgan fingerprint density at radius 2 is 1.82 bits per heavy atom. The van der Waals surface area contributed by atoms with Gasteiger partial charge in [0.25, 0.3) is 0 Å². The third kappa shape index (κ3) is 2.80. The van der Waals surface area contributed by atoms with Gasteiger partial charge in [0.1, 0.15) is 0 Å². The van der Waals surface area contributed by atoms with Gasteiger partial charge in [-0.1, -0.05) is 19.3 Å². The van der Waals surface area contributed by atoms with Crippen LogP contribution in [0.5, 0.6) is 0 Å². The zero-order valence-corrected chi connectivity index (χ0v) is 7.00. The number of aliphatic hydroxyl groups excluding tert-OH is 2. The van der Waals surface area contributed by atoms with E-state index in [0.717, 1.165) is 12.8 Å². The smallest absolute Gasteiger partial charge is 0.0590 e. The van der Waals surface area contributed by atoms with Gasteiger partial charge in [-0.05, 0) is 25.2 Å². The van der Waals surface area contributed by atoms with Crippen molar-refractivity contribution in [3.8, 4) is 0 Å². The molecule has 0 radical (unpaired) electrons. The van der Waals surface area contributed by atoms with Crippen LogP contribution in [-0.2, 0) is 0 Å². The minimum atomic E-state index is -0.250. The lowest BCUT2D eigenvalue weighted by Gasteiger charge is -2.25. The lowest BCUT2D eigenvalue weighted by molar-refractivity contribution is 0.0607. The molecular weight excluding hydrogens is 140 g/mol. The second-order valence-electron chi connectivity index (χ2n) is 3.48. The van der Waals surface area contributed by atoms with Gasteiger partial charge in [0, 0.05) is 6.61 Å². The topological polar surface area (TPSA) is 40.5 Å². The molecule has 0 bridgehead atoms. The van der Waals surface area contributed by atoms with Crippen molar-refractivity contribution < 1.29 is 10.2 Å². The van der Waals surface area contributed by atoms with E-state index in [1.165, 1.54) is 19.3 Å². The zero-order valence-electron chi connectivity index (χ0n) is 7.00. The molecule has 66 valence electrons. The maximum absolute atomic E-state index is 9.51. The maximum Gasteiger partial charge on any atom is 0.0590 e. The van der Waals surface area contributed by atoms with Crippen LogP contribution >= 0.6 is 0 Å². The Labute approximate surface area is 68.2 Å². The van der Waals surface area contributed by atoms with Crippen molar-refractivity contribution in [2.45, 2.75) is 44.6 Å². The van der Waals surface area contributed by atoms with E-state index < -0.39 is 0 Å². The van der Waals surface area contributed by atoms with Crippen LogP contribution in [0.2, 0.25) is 0 Å². The molecule has 1 rings (SSSR count). The van der Waals surface area contributed by atoms with E-state index in [1.807, 2.05) is 0 Å². The van der Waals surface area contributed by atoms with Gasteiger partial charge in [0.05, 0.1) is 6.10 Å². The molecule has 0 spiro atoms. The Hall–Kier alpha value is -0.0800. The first-order valence-corrected chi connectivity index (χ1v) is 4.63. The monoisotopic (exact) mass is 158 g/mol. The minimum Gasteiger partial charge on any atom is -0.396 e. The fourth-order valence-corrected chi connectivity index (χ4v) is 1.89. The molecular formula is C9H18O2. The number of rotatable bonds is 3. The van der Waals surface area contributed by atoms with E-state index in [-0.39, 0.29) is 12.7 Å². The van der Waals surface area contributed by atoms with Crippen molar-refractivity contribution in [2.75, 3.05) is 6.61 Å². The highest BCUT2D eigenvalue weighted by molar-refractivity contribution is 4.72. The summed E-state index contributed by atoms with van der Waals surface area (Å²) in [6.45, 7) is 0.123. The first kappa shape index (κ1) is 9.01. The summed E-state index contributed by atoms with van der Waals surface area (Å²) in [4.78, 5) is 0. The lowest BCUT2D eigenvalue weighted by Crippen LogP contribution is -2.23. The molecule has 1 aliphatic carbocycles. The Morgan fingerprint density at radius 3 is 2.36 bits per heavy atom. The van der Waals surface area contributed by atoms with E-state index >= 15 is 0 Å². The Bertz CT molecular complexity index is 97.7. The van der Waals surface area contributed by atoms with Crippen molar-refractivity contribution >= 4 is 0 Å². The van der Waals surface area contributed by atoms with Gasteiger partial charge < -0.3 is 10.2 Å². The van der Waals surface area contributed by atoms with Crippen molar-refractivity contribution in [1.82, 2.24) is 0 Å². The van der Waals surface area contributed by atoms with Crippen LogP contribution < -0.4 is 0 Å². The molecule has 0 heterocycles. The van der Waals surface area contributed by atoms with E-state index in [1.54, 1.807) is 0 Å².